The highest BCUT2D eigenvalue weighted by atomic mass is 35.5. The van der Waals surface area contributed by atoms with Gasteiger partial charge in [-0.25, -0.2) is 18.4 Å². The number of fused-ring (bicyclic) bond motifs is 1. The van der Waals surface area contributed by atoms with E-state index in [0.29, 0.717) is 46.7 Å². The molecule has 1 saturated heterocycles. The number of sulfonamides is 1. The fourth-order valence-electron chi connectivity index (χ4n) is 3.82. The lowest BCUT2D eigenvalue weighted by molar-refractivity contribution is -0.0309. The molecule has 1 aromatic carbocycles. The largest absolute Gasteiger partial charge is 0.358 e. The zero-order valence-corrected chi connectivity index (χ0v) is 19.6. The lowest BCUT2D eigenvalue weighted by atomic mass is 10.1. The number of carbonyl (C=O) groups is 1. The van der Waals surface area contributed by atoms with E-state index in [1.54, 1.807) is 18.2 Å². The highest BCUT2D eigenvalue weighted by Crippen LogP contribution is 2.36. The molecule has 0 aliphatic carbocycles. The number of pyridine rings is 1. The molecule has 2 aromatic heterocycles. The first kappa shape index (κ1) is 22.5. The van der Waals surface area contributed by atoms with Crippen molar-refractivity contribution in [3.63, 3.8) is 0 Å². The molecule has 1 aliphatic rings. The zero-order valence-electron chi connectivity index (χ0n) is 18.0. The number of benzene rings is 1. The highest BCUT2D eigenvalue weighted by molar-refractivity contribution is 7.92. The highest BCUT2D eigenvalue weighted by Gasteiger charge is 2.24. The Morgan fingerprint density at radius 2 is 2.03 bits per heavy atom. The van der Waals surface area contributed by atoms with E-state index in [2.05, 4.69) is 10.3 Å². The van der Waals surface area contributed by atoms with Crippen molar-refractivity contribution >= 4 is 56.1 Å². The summed E-state index contributed by atoms with van der Waals surface area (Å²) in [4.78, 5) is 20.5. The first-order valence-electron chi connectivity index (χ1n) is 10.2. The van der Waals surface area contributed by atoms with Crippen molar-refractivity contribution in [3.05, 3.63) is 40.8 Å². The van der Waals surface area contributed by atoms with Gasteiger partial charge in [0, 0.05) is 25.3 Å². The molecular formula is C21H24ClN5O4S. The van der Waals surface area contributed by atoms with Crippen molar-refractivity contribution in [1.82, 2.24) is 14.5 Å². The third kappa shape index (κ3) is 4.30. The molecule has 4 rings (SSSR count). The van der Waals surface area contributed by atoms with Crippen LogP contribution in [0.4, 0.5) is 17.1 Å². The number of carbonyl (C=O) groups excluding carboxylic acids is 1. The monoisotopic (exact) mass is 477 g/mol. The summed E-state index contributed by atoms with van der Waals surface area (Å²) in [5, 5.41) is 3.50. The molecule has 170 valence electrons. The van der Waals surface area contributed by atoms with E-state index < -0.39 is 10.0 Å². The van der Waals surface area contributed by atoms with Crippen LogP contribution >= 0.6 is 11.6 Å². The smallest absolute Gasteiger partial charge is 0.232 e. The molecule has 0 radical (unpaired) electrons. The van der Waals surface area contributed by atoms with Gasteiger partial charge in [0.25, 0.3) is 0 Å². The normalized spacial score (nSPS) is 16.8. The minimum absolute atomic E-state index is 0.161. The van der Waals surface area contributed by atoms with E-state index >= 15 is 0 Å². The summed E-state index contributed by atoms with van der Waals surface area (Å²) >= 11 is 6.35. The van der Waals surface area contributed by atoms with E-state index in [0.717, 1.165) is 35.6 Å². The molecule has 1 aliphatic heterocycles. The molecule has 0 bridgehead atoms. The lowest BCUT2D eigenvalue weighted by Gasteiger charge is -2.25. The predicted octanol–water partition coefficient (Wildman–Crippen LogP) is 4.04. The standard InChI is InChI=1S/C21H24ClN5O4S/c1-13-23-20-16(11-18(22)25-21(20)27(13)19-6-4-5-9-31-19)24-15-8-7-14(12-28)10-17(15)26(2)32(3,29)30/h7-8,10-12,19H,4-6,9H2,1-3H3,(H,24,25). The van der Waals surface area contributed by atoms with Crippen molar-refractivity contribution in [2.24, 2.45) is 0 Å². The number of ether oxygens (including phenoxy) is 1. The van der Waals surface area contributed by atoms with Crippen LogP contribution < -0.4 is 9.62 Å². The number of aromatic nitrogens is 3. The maximum Gasteiger partial charge on any atom is 0.232 e. The fraction of sp³-hybridized carbons (Fsp3) is 0.381. The van der Waals surface area contributed by atoms with Gasteiger partial charge < -0.3 is 10.1 Å². The van der Waals surface area contributed by atoms with E-state index in [1.165, 1.54) is 13.1 Å². The summed E-state index contributed by atoms with van der Waals surface area (Å²) in [5.41, 5.74) is 2.91. The Balaban J connectivity index is 1.83. The van der Waals surface area contributed by atoms with Crippen molar-refractivity contribution < 1.29 is 17.9 Å². The van der Waals surface area contributed by atoms with Crippen molar-refractivity contribution in [2.75, 3.05) is 29.5 Å². The molecule has 0 spiro atoms. The first-order valence-corrected chi connectivity index (χ1v) is 12.4. The maximum atomic E-state index is 12.2. The SMILES string of the molecule is Cc1nc2c(Nc3ccc(C=O)cc3N(C)S(C)(=O)=O)cc(Cl)nc2n1C1CCCCO1. The van der Waals surface area contributed by atoms with Gasteiger partial charge >= 0.3 is 0 Å². The molecule has 1 unspecified atom stereocenters. The van der Waals surface area contributed by atoms with Gasteiger partial charge in [-0.05, 0) is 44.4 Å². The van der Waals surface area contributed by atoms with Gasteiger partial charge in [-0.3, -0.25) is 13.7 Å². The molecule has 3 aromatic rings. The minimum Gasteiger partial charge on any atom is -0.358 e. The Kier molecular flexibility index (Phi) is 6.11. The quantitative estimate of drug-likeness (QED) is 0.421. The predicted molar refractivity (Wildman–Crippen MR) is 124 cm³/mol. The van der Waals surface area contributed by atoms with E-state index in [1.807, 2.05) is 11.5 Å². The van der Waals surface area contributed by atoms with Crippen LogP contribution in [0.5, 0.6) is 0 Å². The van der Waals surface area contributed by atoms with E-state index in [4.69, 9.17) is 21.3 Å². The number of halogens is 1. The van der Waals surface area contributed by atoms with Crippen LogP contribution in [0.25, 0.3) is 11.2 Å². The summed E-state index contributed by atoms with van der Waals surface area (Å²) in [6.45, 7) is 2.57. The summed E-state index contributed by atoms with van der Waals surface area (Å²) in [5.74, 6) is 0.745. The summed E-state index contributed by atoms with van der Waals surface area (Å²) in [7, 11) is -2.13. The van der Waals surface area contributed by atoms with Gasteiger partial charge in [-0.2, -0.15) is 0 Å². The molecule has 1 N–H and O–H groups in total. The Morgan fingerprint density at radius 1 is 1.25 bits per heavy atom. The van der Waals surface area contributed by atoms with Crippen LogP contribution in [0.3, 0.4) is 0 Å². The maximum absolute atomic E-state index is 12.2. The van der Waals surface area contributed by atoms with Gasteiger partial charge in [-0.1, -0.05) is 11.6 Å². The average molecular weight is 478 g/mol. The topological polar surface area (TPSA) is 106 Å². The number of imidazole rings is 1. The van der Waals surface area contributed by atoms with Crippen LogP contribution in [0.15, 0.2) is 24.3 Å². The van der Waals surface area contributed by atoms with Crippen LogP contribution in [-0.4, -0.2) is 49.1 Å². The molecule has 1 fully saturated rings. The summed E-state index contributed by atoms with van der Waals surface area (Å²) in [6.07, 6.45) is 4.54. The number of anilines is 3. The Bertz CT molecular complexity index is 1290. The molecule has 1 atom stereocenters. The number of aldehydes is 1. The molecule has 32 heavy (non-hydrogen) atoms. The number of hydrogen-bond acceptors (Lipinski definition) is 7. The third-order valence-corrected chi connectivity index (χ3v) is 6.89. The van der Waals surface area contributed by atoms with Gasteiger partial charge in [-0.15, -0.1) is 0 Å². The van der Waals surface area contributed by atoms with Crippen LogP contribution in [0.1, 0.15) is 41.7 Å². The van der Waals surface area contributed by atoms with E-state index in [-0.39, 0.29) is 11.4 Å². The van der Waals surface area contributed by atoms with Crippen molar-refractivity contribution in [1.29, 1.82) is 0 Å². The van der Waals surface area contributed by atoms with E-state index in [9.17, 15) is 13.2 Å². The number of aryl methyl sites for hydroxylation is 1. The molecule has 0 saturated carbocycles. The van der Waals surface area contributed by atoms with Crippen molar-refractivity contribution in [2.45, 2.75) is 32.4 Å². The first-order chi connectivity index (χ1) is 15.2. The minimum atomic E-state index is -3.56. The second-order valence-corrected chi connectivity index (χ2v) is 10.2. The molecule has 0 amide bonds. The Labute approximate surface area is 191 Å². The summed E-state index contributed by atoms with van der Waals surface area (Å²) in [6, 6.07) is 6.40. The Hall–Kier alpha value is -2.69. The number of hydrogen-bond donors (Lipinski definition) is 1. The van der Waals surface area contributed by atoms with Gasteiger partial charge in [0.15, 0.2) is 5.65 Å². The zero-order chi connectivity index (χ0) is 23.0. The van der Waals surface area contributed by atoms with Crippen molar-refractivity contribution in [3.8, 4) is 0 Å². The van der Waals surface area contributed by atoms with Gasteiger partial charge in [0.2, 0.25) is 10.0 Å². The van der Waals surface area contributed by atoms with Gasteiger partial charge in [0.05, 0.1) is 23.3 Å². The molecule has 3 heterocycles. The fourth-order valence-corrected chi connectivity index (χ4v) is 4.52. The number of rotatable bonds is 6. The van der Waals surface area contributed by atoms with Gasteiger partial charge in [0.1, 0.15) is 29.0 Å². The Morgan fingerprint density at radius 3 is 2.69 bits per heavy atom. The lowest BCUT2D eigenvalue weighted by Crippen LogP contribution is -2.25. The number of nitrogens with zero attached hydrogens (tertiary/aromatic N) is 4. The summed E-state index contributed by atoms with van der Waals surface area (Å²) < 4.78 is 33.3. The number of nitrogens with one attached hydrogen (secondary N) is 1. The second kappa shape index (κ2) is 8.68. The van der Waals surface area contributed by atoms with Crippen LogP contribution in [0.2, 0.25) is 5.15 Å². The second-order valence-electron chi connectivity index (χ2n) is 7.76. The average Bonchev–Trinajstić information content (AvgIpc) is 3.09. The van der Waals surface area contributed by atoms with Crippen LogP contribution in [-0.2, 0) is 14.8 Å². The molecular weight excluding hydrogens is 454 g/mol. The third-order valence-electron chi connectivity index (χ3n) is 5.50. The molecule has 11 heteroatoms. The molecule has 9 nitrogen and oxygen atoms in total. The van der Waals surface area contributed by atoms with Crippen LogP contribution in [0, 0.1) is 6.92 Å².